The fourth-order valence-electron chi connectivity index (χ4n) is 1.96. The zero-order chi connectivity index (χ0) is 17.4. The van der Waals surface area contributed by atoms with Crippen molar-refractivity contribution < 1.29 is 9.53 Å². The van der Waals surface area contributed by atoms with Gasteiger partial charge in [0, 0.05) is 32.0 Å². The summed E-state index contributed by atoms with van der Waals surface area (Å²) in [6.45, 7) is 2.06. The lowest BCUT2D eigenvalue weighted by Crippen LogP contribution is -2.24. The van der Waals surface area contributed by atoms with Crippen LogP contribution >= 0.6 is 0 Å². The van der Waals surface area contributed by atoms with Gasteiger partial charge in [0.05, 0.1) is 12.7 Å². The molecule has 1 aromatic heterocycles. The molecule has 0 saturated carbocycles. The molecule has 0 unspecified atom stereocenters. The van der Waals surface area contributed by atoms with Crippen LogP contribution in [-0.2, 0) is 6.54 Å². The summed E-state index contributed by atoms with van der Waals surface area (Å²) < 4.78 is 5.10. The van der Waals surface area contributed by atoms with Gasteiger partial charge in [-0.05, 0) is 31.8 Å². The Kier molecular flexibility index (Phi) is 6.51. The Balaban J connectivity index is 1.83. The zero-order valence-corrected chi connectivity index (χ0v) is 14.2. The number of amides is 1. The number of anilines is 1. The van der Waals surface area contributed by atoms with Crippen molar-refractivity contribution in [3.63, 3.8) is 0 Å². The van der Waals surface area contributed by atoms with Crippen LogP contribution < -0.4 is 15.4 Å². The van der Waals surface area contributed by atoms with Crippen LogP contribution in [0.3, 0.4) is 0 Å². The Bertz CT molecular complexity index is 641. The van der Waals surface area contributed by atoms with Crippen molar-refractivity contribution >= 4 is 11.9 Å². The zero-order valence-electron chi connectivity index (χ0n) is 14.2. The maximum atomic E-state index is 12.1. The second-order valence-electron chi connectivity index (χ2n) is 5.56. The first-order valence-electron chi connectivity index (χ1n) is 7.70. The Morgan fingerprint density at radius 3 is 2.42 bits per heavy atom. The number of nitrogens with zero attached hydrogens (tertiary/aromatic N) is 3. The molecule has 2 rings (SSSR count). The molecule has 0 aliphatic rings. The van der Waals surface area contributed by atoms with Crippen LogP contribution in [0.1, 0.15) is 15.9 Å². The van der Waals surface area contributed by atoms with E-state index >= 15 is 0 Å². The highest BCUT2D eigenvalue weighted by atomic mass is 16.5. The molecular formula is C17H23N5O2. The highest BCUT2D eigenvalue weighted by molar-refractivity contribution is 5.93. The van der Waals surface area contributed by atoms with Gasteiger partial charge in [0.25, 0.3) is 5.91 Å². The summed E-state index contributed by atoms with van der Waals surface area (Å²) in [6.07, 6.45) is 3.04. The molecule has 0 spiro atoms. The molecule has 1 aromatic carbocycles. The summed E-state index contributed by atoms with van der Waals surface area (Å²) in [4.78, 5) is 22.5. The van der Waals surface area contributed by atoms with E-state index in [1.54, 1.807) is 7.11 Å². The predicted octanol–water partition coefficient (Wildman–Crippen LogP) is 1.39. The number of ether oxygens (including phenoxy) is 1. The number of rotatable bonds is 8. The van der Waals surface area contributed by atoms with Gasteiger partial charge in [-0.3, -0.25) is 4.79 Å². The summed E-state index contributed by atoms with van der Waals surface area (Å²) in [5.74, 6) is 1.10. The summed E-state index contributed by atoms with van der Waals surface area (Å²) in [7, 11) is 5.62. The average Bonchev–Trinajstić information content (AvgIpc) is 2.60. The van der Waals surface area contributed by atoms with Crippen LogP contribution in [0, 0.1) is 0 Å². The third-order valence-corrected chi connectivity index (χ3v) is 3.37. The van der Waals surface area contributed by atoms with Crippen molar-refractivity contribution in [3.8, 4) is 5.75 Å². The lowest BCUT2D eigenvalue weighted by Gasteiger charge is -2.10. The molecule has 0 radical (unpaired) electrons. The SMILES string of the molecule is COc1ccc(CNC(=O)c2cnc(NCCN(C)C)nc2)cc1. The quantitative estimate of drug-likeness (QED) is 0.762. The van der Waals surface area contributed by atoms with E-state index < -0.39 is 0 Å². The molecule has 0 bridgehead atoms. The van der Waals surface area contributed by atoms with Crippen molar-refractivity contribution in [2.24, 2.45) is 0 Å². The van der Waals surface area contributed by atoms with Crippen molar-refractivity contribution in [2.75, 3.05) is 39.6 Å². The molecule has 1 amide bonds. The molecule has 128 valence electrons. The molecule has 2 N–H and O–H groups in total. The number of aromatic nitrogens is 2. The van der Waals surface area contributed by atoms with Gasteiger partial charge in [-0.1, -0.05) is 12.1 Å². The standard InChI is InChI=1S/C17H23N5O2/c1-22(2)9-8-18-17-20-11-14(12-21-17)16(23)19-10-13-4-6-15(24-3)7-5-13/h4-7,11-12H,8-10H2,1-3H3,(H,19,23)(H,18,20,21). The van der Waals surface area contributed by atoms with Crippen LogP contribution in [-0.4, -0.2) is 55.1 Å². The lowest BCUT2D eigenvalue weighted by atomic mass is 10.2. The van der Waals surface area contributed by atoms with Gasteiger partial charge in [-0.15, -0.1) is 0 Å². The predicted molar refractivity (Wildman–Crippen MR) is 93.2 cm³/mol. The topological polar surface area (TPSA) is 79.4 Å². The smallest absolute Gasteiger partial charge is 0.254 e. The molecule has 24 heavy (non-hydrogen) atoms. The van der Waals surface area contributed by atoms with Gasteiger partial charge in [0.15, 0.2) is 0 Å². The molecule has 0 aliphatic heterocycles. The average molecular weight is 329 g/mol. The third-order valence-electron chi connectivity index (χ3n) is 3.37. The first kappa shape index (κ1) is 17.7. The van der Waals surface area contributed by atoms with Crippen molar-refractivity contribution in [1.29, 1.82) is 0 Å². The van der Waals surface area contributed by atoms with Crippen LogP contribution in [0.4, 0.5) is 5.95 Å². The normalized spacial score (nSPS) is 10.5. The van der Waals surface area contributed by atoms with E-state index in [4.69, 9.17) is 4.74 Å². The maximum Gasteiger partial charge on any atom is 0.254 e. The fourth-order valence-corrected chi connectivity index (χ4v) is 1.96. The Morgan fingerprint density at radius 2 is 1.83 bits per heavy atom. The van der Waals surface area contributed by atoms with Gasteiger partial charge in [-0.25, -0.2) is 9.97 Å². The summed E-state index contributed by atoms with van der Waals surface area (Å²) >= 11 is 0. The maximum absolute atomic E-state index is 12.1. The molecule has 0 atom stereocenters. The van der Waals surface area contributed by atoms with Crippen LogP contribution in [0.25, 0.3) is 0 Å². The largest absolute Gasteiger partial charge is 0.497 e. The van der Waals surface area contributed by atoms with Crippen LogP contribution in [0.15, 0.2) is 36.7 Å². The molecule has 7 nitrogen and oxygen atoms in total. The summed E-state index contributed by atoms with van der Waals surface area (Å²) in [5.41, 5.74) is 1.42. The van der Waals surface area contributed by atoms with E-state index in [0.717, 1.165) is 24.4 Å². The monoisotopic (exact) mass is 329 g/mol. The molecule has 2 aromatic rings. The van der Waals surface area contributed by atoms with E-state index in [-0.39, 0.29) is 5.91 Å². The molecular weight excluding hydrogens is 306 g/mol. The van der Waals surface area contributed by atoms with E-state index in [2.05, 4.69) is 25.5 Å². The molecule has 0 aliphatic carbocycles. The van der Waals surface area contributed by atoms with Crippen molar-refractivity contribution in [2.45, 2.75) is 6.54 Å². The number of hydrogen-bond acceptors (Lipinski definition) is 6. The Morgan fingerprint density at radius 1 is 1.17 bits per heavy atom. The number of hydrogen-bond donors (Lipinski definition) is 2. The van der Waals surface area contributed by atoms with E-state index in [1.807, 2.05) is 38.4 Å². The van der Waals surface area contributed by atoms with E-state index in [9.17, 15) is 4.79 Å². The van der Waals surface area contributed by atoms with E-state index in [1.165, 1.54) is 12.4 Å². The number of carbonyl (C=O) groups is 1. The van der Waals surface area contributed by atoms with Gasteiger partial charge in [0.1, 0.15) is 5.75 Å². The number of likely N-dealkylation sites (N-methyl/N-ethyl adjacent to an activating group) is 1. The number of methoxy groups -OCH3 is 1. The number of benzene rings is 1. The summed E-state index contributed by atoms with van der Waals surface area (Å²) in [6, 6.07) is 7.54. The lowest BCUT2D eigenvalue weighted by molar-refractivity contribution is 0.0950. The summed E-state index contributed by atoms with van der Waals surface area (Å²) in [5, 5.41) is 5.95. The highest BCUT2D eigenvalue weighted by Gasteiger charge is 2.07. The third kappa shape index (κ3) is 5.51. The molecule has 0 fully saturated rings. The minimum atomic E-state index is -0.203. The van der Waals surface area contributed by atoms with Crippen molar-refractivity contribution in [3.05, 3.63) is 47.8 Å². The second kappa shape index (κ2) is 8.83. The van der Waals surface area contributed by atoms with Crippen LogP contribution in [0.5, 0.6) is 5.75 Å². The fraction of sp³-hybridized carbons (Fsp3) is 0.353. The van der Waals surface area contributed by atoms with E-state index in [0.29, 0.717) is 18.1 Å². The van der Waals surface area contributed by atoms with Crippen molar-refractivity contribution in [1.82, 2.24) is 20.2 Å². The Hall–Kier alpha value is -2.67. The Labute approximate surface area is 142 Å². The highest BCUT2D eigenvalue weighted by Crippen LogP contribution is 2.11. The molecule has 1 heterocycles. The van der Waals surface area contributed by atoms with Crippen LogP contribution in [0.2, 0.25) is 0 Å². The van der Waals surface area contributed by atoms with Gasteiger partial charge in [0.2, 0.25) is 5.95 Å². The second-order valence-corrected chi connectivity index (χ2v) is 5.56. The minimum absolute atomic E-state index is 0.203. The molecule has 7 heteroatoms. The van der Waals surface area contributed by atoms with Gasteiger partial charge in [-0.2, -0.15) is 0 Å². The first-order valence-corrected chi connectivity index (χ1v) is 7.70. The van der Waals surface area contributed by atoms with Gasteiger partial charge >= 0.3 is 0 Å². The molecule has 0 saturated heterocycles. The minimum Gasteiger partial charge on any atom is -0.497 e. The first-order chi connectivity index (χ1) is 11.6. The number of carbonyl (C=O) groups excluding carboxylic acids is 1. The van der Waals surface area contributed by atoms with Gasteiger partial charge < -0.3 is 20.3 Å². The number of nitrogens with one attached hydrogen (secondary N) is 2.